The zero-order valence-corrected chi connectivity index (χ0v) is 8.22. The summed E-state index contributed by atoms with van der Waals surface area (Å²) in [4.78, 5) is 11.4. The summed E-state index contributed by atoms with van der Waals surface area (Å²) < 4.78 is 0. The standard InChI is InChI=1S/C9H18O3/c1-5-8(3,11)7(10)9(4,12)6-2/h11-12H,5-6H2,1-4H3. The van der Waals surface area contributed by atoms with Crippen molar-refractivity contribution in [1.29, 1.82) is 0 Å². The average molecular weight is 174 g/mol. The lowest BCUT2D eigenvalue weighted by molar-refractivity contribution is -0.154. The third-order valence-electron chi connectivity index (χ3n) is 2.36. The van der Waals surface area contributed by atoms with Gasteiger partial charge in [-0.3, -0.25) is 4.79 Å². The van der Waals surface area contributed by atoms with Crippen LogP contribution >= 0.6 is 0 Å². The van der Waals surface area contributed by atoms with E-state index in [0.29, 0.717) is 12.8 Å². The lowest BCUT2D eigenvalue weighted by atomic mass is 9.84. The van der Waals surface area contributed by atoms with E-state index >= 15 is 0 Å². The van der Waals surface area contributed by atoms with Crippen LogP contribution in [0.15, 0.2) is 0 Å². The van der Waals surface area contributed by atoms with Gasteiger partial charge in [0.1, 0.15) is 11.2 Å². The molecule has 0 spiro atoms. The van der Waals surface area contributed by atoms with Gasteiger partial charge in [-0.1, -0.05) is 13.8 Å². The maximum atomic E-state index is 11.4. The Balaban J connectivity index is 4.60. The van der Waals surface area contributed by atoms with Crippen LogP contribution in [-0.2, 0) is 4.79 Å². The van der Waals surface area contributed by atoms with Gasteiger partial charge >= 0.3 is 0 Å². The molecule has 0 amide bonds. The number of aliphatic hydroxyl groups is 2. The quantitative estimate of drug-likeness (QED) is 0.665. The number of carbonyl (C=O) groups excluding carboxylic acids is 1. The lowest BCUT2D eigenvalue weighted by Gasteiger charge is -2.29. The van der Waals surface area contributed by atoms with E-state index < -0.39 is 17.0 Å². The Labute approximate surface area is 73.4 Å². The third kappa shape index (κ3) is 2.29. The molecule has 0 aromatic heterocycles. The van der Waals surface area contributed by atoms with Crippen molar-refractivity contribution in [3.05, 3.63) is 0 Å². The Kier molecular flexibility index (Phi) is 3.42. The number of Topliss-reactive ketones (excluding diaryl/α,β-unsaturated/α-hetero) is 1. The molecule has 0 saturated heterocycles. The van der Waals surface area contributed by atoms with Crippen LogP contribution in [0.1, 0.15) is 40.5 Å². The SMILES string of the molecule is CCC(C)(O)C(=O)C(C)(O)CC. The van der Waals surface area contributed by atoms with Crippen LogP contribution in [0.5, 0.6) is 0 Å². The van der Waals surface area contributed by atoms with Gasteiger partial charge in [-0.2, -0.15) is 0 Å². The zero-order chi connectivity index (χ0) is 9.99. The molecule has 72 valence electrons. The van der Waals surface area contributed by atoms with Crippen LogP contribution in [-0.4, -0.2) is 27.2 Å². The molecule has 3 heteroatoms. The summed E-state index contributed by atoms with van der Waals surface area (Å²) in [6.07, 6.45) is 0.643. The van der Waals surface area contributed by atoms with E-state index in [1.165, 1.54) is 13.8 Å². The molecule has 2 N–H and O–H groups in total. The van der Waals surface area contributed by atoms with E-state index in [1.54, 1.807) is 13.8 Å². The second-order valence-electron chi connectivity index (χ2n) is 3.58. The van der Waals surface area contributed by atoms with Gasteiger partial charge in [0.25, 0.3) is 0 Å². The van der Waals surface area contributed by atoms with Crippen LogP contribution in [0.4, 0.5) is 0 Å². The first-order chi connectivity index (χ1) is 5.28. The number of ketones is 1. The molecule has 12 heavy (non-hydrogen) atoms. The van der Waals surface area contributed by atoms with Crippen molar-refractivity contribution in [1.82, 2.24) is 0 Å². The molecule has 0 aromatic carbocycles. The normalized spacial score (nSPS) is 21.2. The molecule has 0 saturated carbocycles. The van der Waals surface area contributed by atoms with Crippen LogP contribution in [0.25, 0.3) is 0 Å². The second kappa shape index (κ2) is 3.54. The molecule has 0 aliphatic carbocycles. The third-order valence-corrected chi connectivity index (χ3v) is 2.36. The molecule has 0 aliphatic heterocycles. The summed E-state index contributed by atoms with van der Waals surface area (Å²) >= 11 is 0. The number of hydrogen-bond donors (Lipinski definition) is 2. The Bertz CT molecular complexity index is 153. The summed E-state index contributed by atoms with van der Waals surface area (Å²) in [6.45, 7) is 6.28. The molecule has 0 aliphatic rings. The Morgan fingerprint density at radius 1 is 1.08 bits per heavy atom. The van der Waals surface area contributed by atoms with E-state index in [0.717, 1.165) is 0 Å². The van der Waals surface area contributed by atoms with E-state index in [4.69, 9.17) is 0 Å². The molecule has 0 heterocycles. The van der Waals surface area contributed by atoms with Crippen molar-refractivity contribution < 1.29 is 15.0 Å². The van der Waals surface area contributed by atoms with E-state index in [1.807, 2.05) is 0 Å². The summed E-state index contributed by atoms with van der Waals surface area (Å²) in [5.41, 5.74) is -2.81. The number of rotatable bonds is 4. The van der Waals surface area contributed by atoms with Crippen molar-refractivity contribution in [2.45, 2.75) is 51.7 Å². The maximum Gasteiger partial charge on any atom is 0.195 e. The van der Waals surface area contributed by atoms with Gasteiger partial charge in [0.2, 0.25) is 0 Å². The Morgan fingerprint density at radius 3 is 1.50 bits per heavy atom. The lowest BCUT2D eigenvalue weighted by Crippen LogP contribution is -2.49. The van der Waals surface area contributed by atoms with Crippen LogP contribution in [0, 0.1) is 0 Å². The number of carbonyl (C=O) groups is 1. The molecule has 0 bridgehead atoms. The minimum atomic E-state index is -1.40. The Hall–Kier alpha value is -0.410. The highest BCUT2D eigenvalue weighted by atomic mass is 16.3. The van der Waals surface area contributed by atoms with Crippen molar-refractivity contribution in [2.75, 3.05) is 0 Å². The van der Waals surface area contributed by atoms with E-state index in [2.05, 4.69) is 0 Å². The van der Waals surface area contributed by atoms with Gasteiger partial charge < -0.3 is 10.2 Å². The topological polar surface area (TPSA) is 57.5 Å². The van der Waals surface area contributed by atoms with Crippen LogP contribution < -0.4 is 0 Å². The monoisotopic (exact) mass is 174 g/mol. The van der Waals surface area contributed by atoms with Gasteiger partial charge in [0.05, 0.1) is 0 Å². The van der Waals surface area contributed by atoms with Crippen molar-refractivity contribution in [3.8, 4) is 0 Å². The second-order valence-corrected chi connectivity index (χ2v) is 3.58. The summed E-state index contributed by atoms with van der Waals surface area (Å²) in [5, 5.41) is 19.1. The molecule has 3 nitrogen and oxygen atoms in total. The van der Waals surface area contributed by atoms with Crippen molar-refractivity contribution in [2.24, 2.45) is 0 Å². The predicted octanol–water partition coefficient (Wildman–Crippen LogP) is 0.877. The maximum absolute atomic E-state index is 11.4. The molecule has 0 radical (unpaired) electrons. The first-order valence-electron chi connectivity index (χ1n) is 4.27. The van der Waals surface area contributed by atoms with Crippen LogP contribution in [0.3, 0.4) is 0 Å². The molecule has 2 atom stereocenters. The molecule has 0 rings (SSSR count). The Morgan fingerprint density at radius 2 is 1.33 bits per heavy atom. The average Bonchev–Trinajstić information content (AvgIpc) is 2.03. The largest absolute Gasteiger partial charge is 0.382 e. The van der Waals surface area contributed by atoms with Gasteiger partial charge in [-0.05, 0) is 26.7 Å². The summed E-state index contributed by atoms with van der Waals surface area (Å²) in [6, 6.07) is 0. The fourth-order valence-corrected chi connectivity index (χ4v) is 0.901. The highest BCUT2D eigenvalue weighted by Crippen LogP contribution is 2.21. The minimum absolute atomic E-state index is 0.321. The molecule has 0 fully saturated rings. The smallest absolute Gasteiger partial charge is 0.195 e. The molecule has 0 aromatic rings. The van der Waals surface area contributed by atoms with Gasteiger partial charge in [0.15, 0.2) is 5.78 Å². The first-order valence-corrected chi connectivity index (χ1v) is 4.27. The highest BCUT2D eigenvalue weighted by Gasteiger charge is 2.40. The van der Waals surface area contributed by atoms with Crippen molar-refractivity contribution in [3.63, 3.8) is 0 Å². The molecule has 2 unspecified atom stereocenters. The van der Waals surface area contributed by atoms with Crippen LogP contribution in [0.2, 0.25) is 0 Å². The predicted molar refractivity (Wildman–Crippen MR) is 46.8 cm³/mol. The van der Waals surface area contributed by atoms with E-state index in [9.17, 15) is 15.0 Å². The zero-order valence-electron chi connectivity index (χ0n) is 8.22. The summed E-state index contributed by atoms with van der Waals surface area (Å²) in [5.74, 6) is -0.500. The van der Waals surface area contributed by atoms with Gasteiger partial charge in [0, 0.05) is 0 Å². The first kappa shape index (κ1) is 11.6. The number of hydrogen-bond acceptors (Lipinski definition) is 3. The van der Waals surface area contributed by atoms with E-state index in [-0.39, 0.29) is 0 Å². The fraction of sp³-hybridized carbons (Fsp3) is 0.889. The molecular formula is C9H18O3. The molecular weight excluding hydrogens is 156 g/mol. The minimum Gasteiger partial charge on any atom is -0.382 e. The summed E-state index contributed by atoms with van der Waals surface area (Å²) in [7, 11) is 0. The fourth-order valence-electron chi connectivity index (χ4n) is 0.901. The van der Waals surface area contributed by atoms with Gasteiger partial charge in [-0.25, -0.2) is 0 Å². The highest BCUT2D eigenvalue weighted by molar-refractivity contribution is 5.93. The van der Waals surface area contributed by atoms with Crippen molar-refractivity contribution >= 4 is 5.78 Å². The van der Waals surface area contributed by atoms with Gasteiger partial charge in [-0.15, -0.1) is 0 Å².